The third-order valence-corrected chi connectivity index (χ3v) is 2.11. The molecule has 1 atom stereocenters. The van der Waals surface area contributed by atoms with E-state index in [9.17, 15) is 9.59 Å². The van der Waals surface area contributed by atoms with E-state index in [1.165, 1.54) is 4.90 Å². The first kappa shape index (κ1) is 10.8. The second kappa shape index (κ2) is 4.28. The molecule has 6 heteroatoms. The largest absolute Gasteiger partial charge is 0.337 e. The van der Waals surface area contributed by atoms with Gasteiger partial charge in [-0.15, -0.1) is 0 Å². The van der Waals surface area contributed by atoms with Crippen LogP contribution in [0.15, 0.2) is 0 Å². The minimum atomic E-state index is -0.334. The van der Waals surface area contributed by atoms with E-state index in [1.54, 1.807) is 19.0 Å². The first-order valence-electron chi connectivity index (χ1n) is 4.52. The van der Waals surface area contributed by atoms with Crippen molar-refractivity contribution in [3.05, 3.63) is 0 Å². The average molecular weight is 200 g/mol. The predicted octanol–water partition coefficient (Wildman–Crippen LogP) is -1.57. The molecule has 0 bridgehead atoms. The van der Waals surface area contributed by atoms with Crippen molar-refractivity contribution in [1.29, 1.82) is 0 Å². The maximum Gasteiger partial charge on any atom is 0.316 e. The summed E-state index contributed by atoms with van der Waals surface area (Å²) in [5.74, 6) is -0.0379. The van der Waals surface area contributed by atoms with Crippen LogP contribution >= 0.6 is 0 Å². The van der Waals surface area contributed by atoms with E-state index in [4.69, 9.17) is 5.73 Å². The van der Waals surface area contributed by atoms with Crippen LogP contribution in [0.25, 0.3) is 0 Å². The Morgan fingerprint density at radius 3 is 2.79 bits per heavy atom. The Labute approximate surface area is 83.0 Å². The topological polar surface area (TPSA) is 78.7 Å². The summed E-state index contributed by atoms with van der Waals surface area (Å²) in [5, 5.41) is 2.67. The van der Waals surface area contributed by atoms with Crippen LogP contribution < -0.4 is 11.1 Å². The molecule has 0 aromatic carbocycles. The number of hydrogen-bond donors (Lipinski definition) is 2. The highest BCUT2D eigenvalue weighted by Crippen LogP contribution is 2.05. The maximum absolute atomic E-state index is 11.1. The summed E-state index contributed by atoms with van der Waals surface area (Å²) in [7, 11) is 3.33. The number of nitrogens with zero attached hydrogens (tertiary/aromatic N) is 2. The third-order valence-electron chi connectivity index (χ3n) is 2.11. The molecule has 3 amide bonds. The third kappa shape index (κ3) is 2.35. The number of nitrogens with one attached hydrogen (secondary N) is 1. The number of carbonyl (C=O) groups excluding carboxylic acids is 2. The highest BCUT2D eigenvalue weighted by Gasteiger charge is 2.32. The molecule has 1 unspecified atom stereocenters. The lowest BCUT2D eigenvalue weighted by molar-refractivity contribution is -0.142. The Morgan fingerprint density at radius 2 is 2.36 bits per heavy atom. The van der Waals surface area contributed by atoms with Crippen molar-refractivity contribution in [2.45, 2.75) is 6.04 Å². The van der Waals surface area contributed by atoms with Crippen molar-refractivity contribution in [2.75, 3.05) is 33.7 Å². The monoisotopic (exact) mass is 200 g/mol. The minimum Gasteiger partial charge on any atom is -0.337 e. The fourth-order valence-corrected chi connectivity index (χ4v) is 1.18. The molecular weight excluding hydrogens is 184 g/mol. The van der Waals surface area contributed by atoms with Gasteiger partial charge in [0.1, 0.15) is 6.04 Å². The van der Waals surface area contributed by atoms with Crippen LogP contribution in [0.4, 0.5) is 4.79 Å². The van der Waals surface area contributed by atoms with E-state index >= 15 is 0 Å². The van der Waals surface area contributed by atoms with E-state index in [2.05, 4.69) is 5.32 Å². The molecule has 0 aromatic rings. The Balaban J connectivity index is 2.11. The van der Waals surface area contributed by atoms with Crippen molar-refractivity contribution in [3.63, 3.8) is 0 Å². The van der Waals surface area contributed by atoms with Crippen molar-refractivity contribution in [3.8, 4) is 0 Å². The Kier molecular flexibility index (Phi) is 3.29. The van der Waals surface area contributed by atoms with Gasteiger partial charge in [0.2, 0.25) is 5.91 Å². The molecule has 1 aliphatic heterocycles. The first-order chi connectivity index (χ1) is 6.52. The van der Waals surface area contributed by atoms with Gasteiger partial charge in [0.15, 0.2) is 0 Å². The molecule has 14 heavy (non-hydrogen) atoms. The van der Waals surface area contributed by atoms with Crippen LogP contribution in [0.2, 0.25) is 0 Å². The Hall–Kier alpha value is -1.30. The zero-order valence-electron chi connectivity index (χ0n) is 8.49. The number of amides is 3. The van der Waals surface area contributed by atoms with Crippen LogP contribution in [0.1, 0.15) is 0 Å². The van der Waals surface area contributed by atoms with Crippen LogP contribution in [0.3, 0.4) is 0 Å². The molecule has 1 rings (SSSR count). The lowest BCUT2D eigenvalue weighted by Gasteiger charge is -2.36. The summed E-state index contributed by atoms with van der Waals surface area (Å²) >= 11 is 0. The second-order valence-electron chi connectivity index (χ2n) is 3.52. The van der Waals surface area contributed by atoms with Gasteiger partial charge in [-0.05, 0) is 0 Å². The fourth-order valence-electron chi connectivity index (χ4n) is 1.18. The van der Waals surface area contributed by atoms with Gasteiger partial charge >= 0.3 is 6.03 Å². The van der Waals surface area contributed by atoms with Crippen LogP contribution in [0.5, 0.6) is 0 Å². The molecule has 0 spiro atoms. The quantitative estimate of drug-likeness (QED) is 0.540. The molecule has 3 N–H and O–H groups in total. The van der Waals surface area contributed by atoms with E-state index in [0.29, 0.717) is 19.6 Å². The molecule has 80 valence electrons. The van der Waals surface area contributed by atoms with Gasteiger partial charge in [-0.1, -0.05) is 0 Å². The molecule has 1 fully saturated rings. The number of urea groups is 1. The summed E-state index contributed by atoms with van der Waals surface area (Å²) in [4.78, 5) is 25.2. The number of β-lactam (4-membered cyclic amide) rings is 1. The number of hydrogen-bond acceptors (Lipinski definition) is 3. The molecule has 0 saturated carbocycles. The Morgan fingerprint density at radius 1 is 1.71 bits per heavy atom. The van der Waals surface area contributed by atoms with Gasteiger partial charge in [0, 0.05) is 33.7 Å². The van der Waals surface area contributed by atoms with Crippen molar-refractivity contribution in [2.24, 2.45) is 5.73 Å². The highest BCUT2D eigenvalue weighted by molar-refractivity contribution is 5.87. The second-order valence-corrected chi connectivity index (χ2v) is 3.52. The number of nitrogens with two attached hydrogens (primary N) is 1. The molecule has 0 aliphatic carbocycles. The summed E-state index contributed by atoms with van der Waals surface area (Å²) in [6.45, 7) is 1.60. The smallest absolute Gasteiger partial charge is 0.316 e. The maximum atomic E-state index is 11.1. The zero-order valence-corrected chi connectivity index (χ0v) is 8.49. The van der Waals surface area contributed by atoms with E-state index in [1.807, 2.05) is 0 Å². The number of rotatable bonds is 3. The van der Waals surface area contributed by atoms with Gasteiger partial charge in [0.05, 0.1) is 0 Å². The SMILES string of the molecule is CN(C)C(=O)NCCN1CC(N)C1=O. The predicted molar refractivity (Wildman–Crippen MR) is 51.6 cm³/mol. The van der Waals surface area contributed by atoms with Gasteiger partial charge in [-0.3, -0.25) is 4.79 Å². The molecule has 1 heterocycles. The fraction of sp³-hybridized carbons (Fsp3) is 0.750. The molecule has 1 aliphatic rings. The van der Waals surface area contributed by atoms with Gasteiger partial charge in [-0.25, -0.2) is 4.79 Å². The summed E-state index contributed by atoms with van der Waals surface area (Å²) in [6, 6.07) is -0.484. The van der Waals surface area contributed by atoms with Gasteiger partial charge < -0.3 is 20.9 Å². The standard InChI is InChI=1S/C8H16N4O2/c1-11(2)8(14)10-3-4-12-5-6(9)7(12)13/h6H,3-5,9H2,1-2H3,(H,10,14). The normalized spacial score (nSPS) is 20.4. The van der Waals surface area contributed by atoms with E-state index in [-0.39, 0.29) is 18.0 Å². The van der Waals surface area contributed by atoms with Crippen LogP contribution in [0, 0.1) is 0 Å². The molecule has 0 radical (unpaired) electrons. The molecule has 6 nitrogen and oxygen atoms in total. The van der Waals surface area contributed by atoms with Crippen LogP contribution in [-0.4, -0.2) is 61.5 Å². The van der Waals surface area contributed by atoms with Crippen molar-refractivity contribution in [1.82, 2.24) is 15.1 Å². The van der Waals surface area contributed by atoms with Crippen LogP contribution in [-0.2, 0) is 4.79 Å². The Bertz CT molecular complexity index is 241. The lowest BCUT2D eigenvalue weighted by atomic mass is 10.1. The minimum absolute atomic E-state index is 0.0379. The van der Waals surface area contributed by atoms with Crippen molar-refractivity contribution >= 4 is 11.9 Å². The van der Waals surface area contributed by atoms with E-state index < -0.39 is 0 Å². The zero-order chi connectivity index (χ0) is 10.7. The molecular formula is C8H16N4O2. The molecule has 1 saturated heterocycles. The van der Waals surface area contributed by atoms with E-state index in [0.717, 1.165) is 0 Å². The number of carbonyl (C=O) groups is 2. The first-order valence-corrected chi connectivity index (χ1v) is 4.52. The highest BCUT2D eigenvalue weighted by atomic mass is 16.2. The summed E-state index contributed by atoms with van der Waals surface area (Å²) in [6.07, 6.45) is 0. The number of likely N-dealkylation sites (tertiary alicyclic amines) is 1. The van der Waals surface area contributed by atoms with Gasteiger partial charge in [0.25, 0.3) is 0 Å². The summed E-state index contributed by atoms with van der Waals surface area (Å²) < 4.78 is 0. The average Bonchev–Trinajstić information content (AvgIpc) is 2.15. The molecule has 0 aromatic heterocycles. The summed E-state index contributed by atoms with van der Waals surface area (Å²) in [5.41, 5.74) is 5.41. The van der Waals surface area contributed by atoms with Gasteiger partial charge in [-0.2, -0.15) is 0 Å². The lowest BCUT2D eigenvalue weighted by Crippen LogP contribution is -2.62. The van der Waals surface area contributed by atoms with Crippen molar-refractivity contribution < 1.29 is 9.59 Å².